The molecule has 5 rings (SSSR count). The summed E-state index contributed by atoms with van der Waals surface area (Å²) in [5, 5.41) is 1.45. The summed E-state index contributed by atoms with van der Waals surface area (Å²) in [6.45, 7) is 1.92. The second kappa shape index (κ2) is 8.53. The highest BCUT2D eigenvalue weighted by Crippen LogP contribution is 2.30. The molecule has 0 saturated carbocycles. The lowest BCUT2D eigenvalue weighted by molar-refractivity contribution is -0.136. The first-order valence-corrected chi connectivity index (χ1v) is 10.4. The zero-order valence-electron chi connectivity index (χ0n) is 16.7. The highest BCUT2D eigenvalue weighted by Gasteiger charge is 2.28. The van der Waals surface area contributed by atoms with Crippen molar-refractivity contribution in [3.05, 3.63) is 65.0 Å². The highest BCUT2D eigenvalue weighted by atomic mass is 35.5. The van der Waals surface area contributed by atoms with Crippen molar-refractivity contribution in [2.24, 2.45) is 0 Å². The summed E-state index contributed by atoms with van der Waals surface area (Å²) in [5.41, 5.74) is 2.22. The van der Waals surface area contributed by atoms with E-state index in [-0.39, 0.29) is 18.6 Å². The zero-order valence-corrected chi connectivity index (χ0v) is 17.4. The number of fused-ring (bicyclic) bond motifs is 2. The average molecular weight is 438 g/mol. The van der Waals surface area contributed by atoms with Crippen molar-refractivity contribution in [3.8, 4) is 11.6 Å². The molecule has 0 bridgehead atoms. The fourth-order valence-electron chi connectivity index (χ4n) is 3.75. The molecule has 7 nitrogen and oxygen atoms in total. The lowest BCUT2D eigenvalue weighted by Crippen LogP contribution is -2.48. The molecule has 1 fully saturated rings. The second-order valence-electron chi connectivity index (χ2n) is 7.39. The number of morpholine rings is 1. The molecular formula is C23H20ClN3O4. The summed E-state index contributed by atoms with van der Waals surface area (Å²) in [6.07, 6.45) is 3.08. The Kier molecular flexibility index (Phi) is 5.44. The number of aromatic nitrogens is 2. The van der Waals surface area contributed by atoms with Crippen molar-refractivity contribution >= 4 is 34.5 Å². The highest BCUT2D eigenvalue weighted by molar-refractivity contribution is 6.30. The van der Waals surface area contributed by atoms with Crippen LogP contribution in [0.5, 0.6) is 11.6 Å². The Morgan fingerprint density at radius 1 is 1.23 bits per heavy atom. The summed E-state index contributed by atoms with van der Waals surface area (Å²) in [5.74, 6) is 1.17. The van der Waals surface area contributed by atoms with E-state index in [1.807, 2.05) is 36.4 Å². The van der Waals surface area contributed by atoms with Crippen LogP contribution in [0.4, 0.5) is 0 Å². The van der Waals surface area contributed by atoms with Gasteiger partial charge in [-0.25, -0.2) is 9.97 Å². The molecule has 1 aromatic heterocycles. The number of carbonyl (C=O) groups is 1. The molecule has 1 saturated heterocycles. The Labute approximate surface area is 184 Å². The third-order valence-electron chi connectivity index (χ3n) is 5.30. The van der Waals surface area contributed by atoms with Gasteiger partial charge in [0.25, 0.3) is 5.91 Å². The number of para-hydroxylation sites is 1. The first-order chi connectivity index (χ1) is 15.2. The Hall–Kier alpha value is -3.16. The van der Waals surface area contributed by atoms with E-state index in [9.17, 15) is 4.79 Å². The van der Waals surface area contributed by atoms with Crippen LogP contribution >= 0.6 is 11.6 Å². The second-order valence-corrected chi connectivity index (χ2v) is 7.83. The van der Waals surface area contributed by atoms with Crippen molar-refractivity contribution in [2.45, 2.75) is 6.10 Å². The fourth-order valence-corrected chi connectivity index (χ4v) is 3.93. The number of hydrogen-bond donors (Lipinski definition) is 0. The third kappa shape index (κ3) is 4.19. The van der Waals surface area contributed by atoms with E-state index in [4.69, 9.17) is 25.8 Å². The fraction of sp³-hybridized carbons (Fsp3) is 0.261. The number of rotatable bonds is 4. The number of halogens is 1. The number of nitrogens with zero attached hydrogens (tertiary/aromatic N) is 3. The van der Waals surface area contributed by atoms with Gasteiger partial charge in [-0.05, 0) is 36.4 Å². The average Bonchev–Trinajstić information content (AvgIpc) is 2.82. The molecule has 0 N–H and O–H groups in total. The summed E-state index contributed by atoms with van der Waals surface area (Å²) in [6, 6.07) is 13.0. The minimum absolute atomic E-state index is 0.0635. The molecule has 158 valence electrons. The standard InChI is InChI=1S/C23H20ClN3O4/c24-17-5-6-21-15(10-17)9-16(12-30-21)23(28)27-7-8-29-18(11-27)13-31-22-19-3-1-2-4-20(19)25-14-26-22/h1-6,9-10,14,18H,7-8,11-13H2. The molecule has 2 aromatic carbocycles. The van der Waals surface area contributed by atoms with Gasteiger partial charge in [-0.15, -0.1) is 0 Å². The van der Waals surface area contributed by atoms with Gasteiger partial charge in [0.15, 0.2) is 0 Å². The van der Waals surface area contributed by atoms with Gasteiger partial charge in [0.1, 0.15) is 31.4 Å². The predicted molar refractivity (Wildman–Crippen MR) is 116 cm³/mol. The lowest BCUT2D eigenvalue weighted by atomic mass is 10.1. The van der Waals surface area contributed by atoms with Crippen molar-refractivity contribution < 1.29 is 19.0 Å². The van der Waals surface area contributed by atoms with E-state index < -0.39 is 0 Å². The molecule has 2 aliphatic heterocycles. The summed E-state index contributed by atoms with van der Waals surface area (Å²) >= 11 is 6.07. The first kappa shape index (κ1) is 19.8. The molecule has 3 heterocycles. The van der Waals surface area contributed by atoms with Gasteiger partial charge in [-0.2, -0.15) is 0 Å². The van der Waals surface area contributed by atoms with E-state index in [0.29, 0.717) is 42.8 Å². The smallest absolute Gasteiger partial charge is 0.253 e. The van der Waals surface area contributed by atoms with Crippen LogP contribution in [0.25, 0.3) is 17.0 Å². The maximum atomic E-state index is 13.1. The minimum Gasteiger partial charge on any atom is -0.488 e. The molecule has 0 radical (unpaired) electrons. The SMILES string of the molecule is O=C(C1=Cc2cc(Cl)ccc2OC1)N1CCOC(COc2ncnc3ccccc23)C1. The van der Waals surface area contributed by atoms with Crippen LogP contribution in [0.3, 0.4) is 0 Å². The summed E-state index contributed by atoms with van der Waals surface area (Å²) < 4.78 is 17.5. The molecule has 1 atom stereocenters. The molecule has 0 spiro atoms. The molecule has 0 aliphatic carbocycles. The van der Waals surface area contributed by atoms with Gasteiger partial charge in [-0.1, -0.05) is 23.7 Å². The quantitative estimate of drug-likeness (QED) is 0.623. The Morgan fingerprint density at radius 3 is 3.06 bits per heavy atom. The number of ether oxygens (including phenoxy) is 3. The Morgan fingerprint density at radius 2 is 2.13 bits per heavy atom. The van der Waals surface area contributed by atoms with Crippen molar-refractivity contribution in [1.29, 1.82) is 0 Å². The van der Waals surface area contributed by atoms with Crippen LogP contribution in [0.2, 0.25) is 5.02 Å². The molecular weight excluding hydrogens is 418 g/mol. The van der Waals surface area contributed by atoms with E-state index in [1.165, 1.54) is 6.33 Å². The van der Waals surface area contributed by atoms with Crippen LogP contribution < -0.4 is 9.47 Å². The van der Waals surface area contributed by atoms with Crippen molar-refractivity contribution in [2.75, 3.05) is 32.9 Å². The van der Waals surface area contributed by atoms with E-state index in [0.717, 1.165) is 22.2 Å². The van der Waals surface area contributed by atoms with Gasteiger partial charge < -0.3 is 19.1 Å². The van der Waals surface area contributed by atoms with Gasteiger partial charge in [-0.3, -0.25) is 4.79 Å². The first-order valence-electron chi connectivity index (χ1n) is 10.0. The van der Waals surface area contributed by atoms with Gasteiger partial charge in [0, 0.05) is 17.1 Å². The molecule has 3 aromatic rings. The van der Waals surface area contributed by atoms with E-state index >= 15 is 0 Å². The molecule has 1 amide bonds. The van der Waals surface area contributed by atoms with E-state index in [1.54, 1.807) is 17.0 Å². The lowest BCUT2D eigenvalue weighted by Gasteiger charge is -2.33. The zero-order chi connectivity index (χ0) is 21.2. The molecule has 31 heavy (non-hydrogen) atoms. The van der Waals surface area contributed by atoms with Crippen LogP contribution in [0, 0.1) is 0 Å². The summed E-state index contributed by atoms with van der Waals surface area (Å²) in [4.78, 5) is 23.3. The van der Waals surface area contributed by atoms with Crippen LogP contribution in [-0.4, -0.2) is 59.8 Å². The van der Waals surface area contributed by atoms with Crippen molar-refractivity contribution in [3.63, 3.8) is 0 Å². The Balaban J connectivity index is 1.26. The summed E-state index contributed by atoms with van der Waals surface area (Å²) in [7, 11) is 0. The van der Waals surface area contributed by atoms with Gasteiger partial charge in [0.05, 0.1) is 29.6 Å². The molecule has 1 unspecified atom stereocenters. The Bertz CT molecular complexity index is 1160. The maximum Gasteiger partial charge on any atom is 0.253 e. The van der Waals surface area contributed by atoms with Gasteiger partial charge in [0.2, 0.25) is 5.88 Å². The topological polar surface area (TPSA) is 73.8 Å². The van der Waals surface area contributed by atoms with Crippen LogP contribution in [0.1, 0.15) is 5.56 Å². The number of amides is 1. The number of benzene rings is 2. The van der Waals surface area contributed by atoms with Crippen molar-refractivity contribution in [1.82, 2.24) is 14.9 Å². The molecule has 2 aliphatic rings. The number of carbonyl (C=O) groups excluding carboxylic acids is 1. The third-order valence-corrected chi connectivity index (χ3v) is 5.53. The normalized spacial score (nSPS) is 18.2. The maximum absolute atomic E-state index is 13.1. The monoisotopic (exact) mass is 437 g/mol. The number of hydrogen-bond acceptors (Lipinski definition) is 6. The van der Waals surface area contributed by atoms with Crippen LogP contribution in [0.15, 0.2) is 54.4 Å². The van der Waals surface area contributed by atoms with Gasteiger partial charge >= 0.3 is 0 Å². The van der Waals surface area contributed by atoms with E-state index in [2.05, 4.69) is 9.97 Å². The largest absolute Gasteiger partial charge is 0.488 e. The molecule has 8 heteroatoms. The predicted octanol–water partition coefficient (Wildman–Crippen LogP) is 3.37. The van der Waals surface area contributed by atoms with Crippen LogP contribution in [-0.2, 0) is 9.53 Å². The minimum atomic E-state index is -0.252.